The fourth-order valence-corrected chi connectivity index (χ4v) is 1.72. The van der Waals surface area contributed by atoms with Gasteiger partial charge in [0.25, 0.3) is 0 Å². The van der Waals surface area contributed by atoms with Crippen LogP contribution in [0.15, 0.2) is 30.3 Å². The van der Waals surface area contributed by atoms with E-state index in [1.54, 1.807) is 6.08 Å². The van der Waals surface area contributed by atoms with Gasteiger partial charge in [0.2, 0.25) is 5.91 Å². The van der Waals surface area contributed by atoms with Gasteiger partial charge in [-0.25, -0.2) is 0 Å². The molecular weight excluding hydrogens is 254 g/mol. The number of carbonyl (C=O) groups excluding carboxylic acids is 1. The van der Waals surface area contributed by atoms with Crippen LogP contribution < -0.4 is 10.1 Å². The summed E-state index contributed by atoms with van der Waals surface area (Å²) in [6.45, 7) is 6.34. The number of ether oxygens (including phenoxy) is 1. The second kappa shape index (κ2) is 8.38. The third-order valence-corrected chi connectivity index (χ3v) is 2.96. The second-order valence-electron chi connectivity index (χ2n) is 4.85. The van der Waals surface area contributed by atoms with Gasteiger partial charge in [0, 0.05) is 11.6 Å². The Hall–Kier alpha value is -1.81. The molecule has 4 nitrogen and oxygen atoms in total. The number of amides is 1. The van der Waals surface area contributed by atoms with Crippen LogP contribution in [0.4, 0.5) is 0 Å². The van der Waals surface area contributed by atoms with Crippen molar-refractivity contribution in [3.05, 3.63) is 35.9 Å². The Bertz CT molecular complexity index is 455. The molecule has 1 aromatic carbocycles. The minimum atomic E-state index is -0.228. The lowest BCUT2D eigenvalue weighted by Gasteiger charge is -2.18. The van der Waals surface area contributed by atoms with E-state index in [0.29, 0.717) is 6.61 Å². The number of benzene rings is 1. The highest BCUT2D eigenvalue weighted by Crippen LogP contribution is 2.19. The SMILES string of the molecule is CCOc1ccccc1C=CC(=O)N[C@H](CO)C(C)C. The Labute approximate surface area is 120 Å². The molecule has 0 aliphatic carbocycles. The van der Waals surface area contributed by atoms with Crippen molar-refractivity contribution < 1.29 is 14.6 Å². The number of hydrogen-bond acceptors (Lipinski definition) is 3. The smallest absolute Gasteiger partial charge is 0.244 e. The lowest BCUT2D eigenvalue weighted by atomic mass is 10.1. The minimum Gasteiger partial charge on any atom is -0.493 e. The number of nitrogens with one attached hydrogen (secondary N) is 1. The van der Waals surface area contributed by atoms with E-state index < -0.39 is 0 Å². The van der Waals surface area contributed by atoms with Gasteiger partial charge in [-0.15, -0.1) is 0 Å². The predicted molar refractivity (Wildman–Crippen MR) is 80.5 cm³/mol. The second-order valence-corrected chi connectivity index (χ2v) is 4.85. The summed E-state index contributed by atoms with van der Waals surface area (Å²) in [5, 5.41) is 12.0. The average Bonchev–Trinajstić information content (AvgIpc) is 2.43. The van der Waals surface area contributed by atoms with Crippen LogP contribution in [-0.2, 0) is 4.79 Å². The highest BCUT2D eigenvalue weighted by atomic mass is 16.5. The maximum Gasteiger partial charge on any atom is 0.244 e. The van der Waals surface area contributed by atoms with Gasteiger partial charge in [-0.05, 0) is 25.0 Å². The molecule has 110 valence electrons. The minimum absolute atomic E-state index is 0.0627. The van der Waals surface area contributed by atoms with Crippen LogP contribution in [-0.4, -0.2) is 30.3 Å². The van der Waals surface area contributed by atoms with Crippen LogP contribution in [0.3, 0.4) is 0 Å². The lowest BCUT2D eigenvalue weighted by molar-refractivity contribution is -0.117. The van der Waals surface area contributed by atoms with Gasteiger partial charge >= 0.3 is 0 Å². The van der Waals surface area contributed by atoms with Crippen LogP contribution in [0.2, 0.25) is 0 Å². The van der Waals surface area contributed by atoms with Gasteiger partial charge in [0.1, 0.15) is 5.75 Å². The third kappa shape index (κ3) is 5.05. The molecule has 0 aromatic heterocycles. The number of para-hydroxylation sites is 1. The van der Waals surface area contributed by atoms with Gasteiger partial charge in [-0.2, -0.15) is 0 Å². The number of hydrogen-bond donors (Lipinski definition) is 2. The van der Waals surface area contributed by atoms with Crippen molar-refractivity contribution in [3.63, 3.8) is 0 Å². The maximum atomic E-state index is 11.8. The van der Waals surface area contributed by atoms with E-state index in [4.69, 9.17) is 4.74 Å². The summed E-state index contributed by atoms with van der Waals surface area (Å²) in [5.41, 5.74) is 0.856. The summed E-state index contributed by atoms with van der Waals surface area (Å²) in [6.07, 6.45) is 3.18. The summed E-state index contributed by atoms with van der Waals surface area (Å²) in [4.78, 5) is 11.8. The first-order valence-electron chi connectivity index (χ1n) is 6.89. The molecule has 0 aliphatic heterocycles. The zero-order valence-electron chi connectivity index (χ0n) is 12.3. The van der Waals surface area contributed by atoms with Crippen molar-refractivity contribution in [3.8, 4) is 5.75 Å². The van der Waals surface area contributed by atoms with Gasteiger partial charge in [-0.1, -0.05) is 32.0 Å². The van der Waals surface area contributed by atoms with Gasteiger partial charge < -0.3 is 15.2 Å². The van der Waals surface area contributed by atoms with E-state index >= 15 is 0 Å². The van der Waals surface area contributed by atoms with Crippen LogP contribution >= 0.6 is 0 Å². The fourth-order valence-electron chi connectivity index (χ4n) is 1.72. The topological polar surface area (TPSA) is 58.6 Å². The highest BCUT2D eigenvalue weighted by Gasteiger charge is 2.13. The van der Waals surface area contributed by atoms with E-state index in [2.05, 4.69) is 5.32 Å². The Kier molecular flexibility index (Phi) is 6.81. The molecule has 0 radical (unpaired) electrons. The molecule has 0 heterocycles. The predicted octanol–water partition coefficient (Wildman–Crippen LogP) is 2.23. The largest absolute Gasteiger partial charge is 0.493 e. The molecule has 0 unspecified atom stereocenters. The maximum absolute atomic E-state index is 11.8. The molecule has 0 fully saturated rings. The van der Waals surface area contributed by atoms with Crippen LogP contribution in [0.1, 0.15) is 26.3 Å². The summed E-state index contributed by atoms with van der Waals surface area (Å²) in [5.74, 6) is 0.721. The Morgan fingerprint density at radius 3 is 2.70 bits per heavy atom. The van der Waals surface area contributed by atoms with Crippen LogP contribution in [0.25, 0.3) is 6.08 Å². The summed E-state index contributed by atoms with van der Waals surface area (Å²) in [6, 6.07) is 7.31. The molecule has 2 N–H and O–H groups in total. The standard InChI is InChI=1S/C16H23NO3/c1-4-20-15-8-6-5-7-13(15)9-10-16(19)17-14(11-18)12(2)3/h5-10,12,14,18H,4,11H2,1-3H3,(H,17,19)/t14-/m1/s1. The zero-order valence-corrected chi connectivity index (χ0v) is 12.3. The quantitative estimate of drug-likeness (QED) is 0.751. The summed E-state index contributed by atoms with van der Waals surface area (Å²) >= 11 is 0. The molecule has 20 heavy (non-hydrogen) atoms. The van der Waals surface area contributed by atoms with Gasteiger partial charge in [0.15, 0.2) is 0 Å². The Morgan fingerprint density at radius 1 is 1.40 bits per heavy atom. The van der Waals surface area contributed by atoms with E-state index in [-0.39, 0.29) is 24.5 Å². The van der Waals surface area contributed by atoms with Crippen LogP contribution in [0, 0.1) is 5.92 Å². The molecule has 0 bridgehead atoms. The fraction of sp³-hybridized carbons (Fsp3) is 0.438. The molecule has 1 amide bonds. The van der Waals surface area contributed by atoms with Crippen molar-refractivity contribution in [2.24, 2.45) is 5.92 Å². The molecule has 4 heteroatoms. The number of aliphatic hydroxyl groups excluding tert-OH is 1. The van der Waals surface area contributed by atoms with Crippen LogP contribution in [0.5, 0.6) is 5.75 Å². The average molecular weight is 277 g/mol. The van der Waals surface area contributed by atoms with Crippen molar-refractivity contribution in [1.82, 2.24) is 5.32 Å². The number of aliphatic hydroxyl groups is 1. The Morgan fingerprint density at radius 2 is 2.10 bits per heavy atom. The first kappa shape index (κ1) is 16.2. The number of carbonyl (C=O) groups is 1. The monoisotopic (exact) mass is 277 g/mol. The molecule has 0 spiro atoms. The summed E-state index contributed by atoms with van der Waals surface area (Å²) in [7, 11) is 0. The first-order chi connectivity index (χ1) is 9.58. The third-order valence-electron chi connectivity index (χ3n) is 2.96. The van der Waals surface area contributed by atoms with Crippen molar-refractivity contribution in [2.75, 3.05) is 13.2 Å². The lowest BCUT2D eigenvalue weighted by Crippen LogP contribution is -2.40. The van der Waals surface area contributed by atoms with Crippen molar-refractivity contribution in [2.45, 2.75) is 26.8 Å². The molecular formula is C16H23NO3. The van der Waals surface area contributed by atoms with Crippen molar-refractivity contribution >= 4 is 12.0 Å². The molecule has 1 rings (SSSR count). The summed E-state index contributed by atoms with van der Waals surface area (Å²) < 4.78 is 5.49. The molecule has 0 aliphatic rings. The first-order valence-corrected chi connectivity index (χ1v) is 6.89. The van der Waals surface area contributed by atoms with E-state index in [1.807, 2.05) is 45.0 Å². The van der Waals surface area contributed by atoms with Crippen molar-refractivity contribution in [1.29, 1.82) is 0 Å². The molecule has 0 saturated heterocycles. The zero-order chi connectivity index (χ0) is 15.0. The Balaban J connectivity index is 2.70. The molecule has 1 atom stereocenters. The molecule has 0 saturated carbocycles. The van der Waals surface area contributed by atoms with E-state index in [9.17, 15) is 9.90 Å². The normalized spacial score (nSPS) is 12.7. The highest BCUT2D eigenvalue weighted by molar-refractivity contribution is 5.92. The van der Waals surface area contributed by atoms with Gasteiger partial charge in [0.05, 0.1) is 19.3 Å². The van der Waals surface area contributed by atoms with Gasteiger partial charge in [-0.3, -0.25) is 4.79 Å². The molecule has 1 aromatic rings. The van der Waals surface area contributed by atoms with E-state index in [0.717, 1.165) is 11.3 Å². The number of rotatable bonds is 7. The van der Waals surface area contributed by atoms with E-state index in [1.165, 1.54) is 6.08 Å².